The van der Waals surface area contributed by atoms with Crippen LogP contribution in [0.5, 0.6) is 5.75 Å². The van der Waals surface area contributed by atoms with Crippen LogP contribution in [-0.4, -0.2) is 11.8 Å². The van der Waals surface area contributed by atoms with Crippen LogP contribution in [0.15, 0.2) is 48.5 Å². The fraction of sp³-hybridized carbons (Fsp3) is 0.0667. The average Bonchev–Trinajstić information content (AvgIpc) is 2.59. The van der Waals surface area contributed by atoms with Gasteiger partial charge in [-0.25, -0.2) is 11.7 Å². The largest absolute Gasteiger partial charge is 0.489 e. The van der Waals surface area contributed by atoms with E-state index in [9.17, 15) is 9.59 Å². The molecule has 2 rings (SSSR count). The summed E-state index contributed by atoms with van der Waals surface area (Å²) in [5, 5.41) is 0. The summed E-state index contributed by atoms with van der Waals surface area (Å²) in [6.07, 6.45) is 0. The molecule has 0 bridgehead atoms. The summed E-state index contributed by atoms with van der Waals surface area (Å²) in [6.45, 7) is 0.304. The molecule has 2 aromatic rings. The predicted octanol–water partition coefficient (Wildman–Crippen LogP) is 0.473. The molecule has 7 heteroatoms. The summed E-state index contributed by atoms with van der Waals surface area (Å²) in [4.78, 5) is 23.3. The number of nitrogen functional groups attached to an aromatic ring is 2. The molecule has 0 aliphatic rings. The van der Waals surface area contributed by atoms with Gasteiger partial charge in [0.15, 0.2) is 0 Å². The zero-order valence-electron chi connectivity index (χ0n) is 11.7. The highest BCUT2D eigenvalue weighted by Gasteiger charge is 2.12. The molecule has 114 valence electrons. The second-order valence-electron chi connectivity index (χ2n) is 4.47. The fourth-order valence-corrected chi connectivity index (χ4v) is 1.85. The van der Waals surface area contributed by atoms with Gasteiger partial charge in [-0.05, 0) is 23.8 Å². The van der Waals surface area contributed by atoms with Gasteiger partial charge in [-0.15, -0.1) is 0 Å². The summed E-state index contributed by atoms with van der Waals surface area (Å²) in [7, 11) is 0. The Morgan fingerprint density at radius 1 is 0.909 bits per heavy atom. The van der Waals surface area contributed by atoms with Crippen molar-refractivity contribution in [3.8, 4) is 5.75 Å². The Kier molecular flexibility index (Phi) is 5.07. The molecule has 22 heavy (non-hydrogen) atoms. The van der Waals surface area contributed by atoms with Gasteiger partial charge in [-0.3, -0.25) is 20.4 Å². The third-order valence-electron chi connectivity index (χ3n) is 2.94. The number of carbonyl (C=O) groups excluding carboxylic acids is 2. The molecule has 0 fully saturated rings. The van der Waals surface area contributed by atoms with Crippen molar-refractivity contribution < 1.29 is 14.3 Å². The van der Waals surface area contributed by atoms with E-state index in [0.29, 0.717) is 12.4 Å². The molecular formula is C15H16N4O3. The molecule has 0 spiro atoms. The molecule has 0 radical (unpaired) electrons. The maximum atomic E-state index is 11.6. The molecule has 2 aromatic carbocycles. The van der Waals surface area contributed by atoms with E-state index in [1.54, 1.807) is 0 Å². The third kappa shape index (κ3) is 3.81. The normalized spacial score (nSPS) is 9.91. The van der Waals surface area contributed by atoms with E-state index in [-0.39, 0.29) is 11.1 Å². The number of nitrogens with one attached hydrogen (secondary N) is 2. The standard InChI is InChI=1S/C15H16N4O3/c16-18-14(20)11-6-12(15(21)19-17)8-13(7-11)22-9-10-4-2-1-3-5-10/h1-8H,9,16-17H2,(H,18,20)(H,19,21). The fourth-order valence-electron chi connectivity index (χ4n) is 1.85. The first-order valence-electron chi connectivity index (χ1n) is 6.47. The molecule has 0 aliphatic heterocycles. The first-order chi connectivity index (χ1) is 10.6. The molecule has 0 saturated heterocycles. The lowest BCUT2D eigenvalue weighted by Crippen LogP contribution is -2.32. The van der Waals surface area contributed by atoms with Crippen LogP contribution in [0.25, 0.3) is 0 Å². The van der Waals surface area contributed by atoms with Crippen molar-refractivity contribution in [2.45, 2.75) is 6.61 Å². The summed E-state index contributed by atoms with van der Waals surface area (Å²) in [5.74, 6) is 9.53. The van der Waals surface area contributed by atoms with Crippen LogP contribution in [0.2, 0.25) is 0 Å². The third-order valence-corrected chi connectivity index (χ3v) is 2.94. The van der Waals surface area contributed by atoms with Gasteiger partial charge in [0, 0.05) is 11.1 Å². The van der Waals surface area contributed by atoms with Crippen molar-refractivity contribution >= 4 is 11.8 Å². The maximum absolute atomic E-state index is 11.6. The van der Waals surface area contributed by atoms with Crippen molar-refractivity contribution in [1.29, 1.82) is 0 Å². The molecule has 0 heterocycles. The number of benzene rings is 2. The number of ether oxygens (including phenoxy) is 1. The molecule has 7 nitrogen and oxygen atoms in total. The van der Waals surface area contributed by atoms with Crippen LogP contribution in [0.4, 0.5) is 0 Å². The molecule has 6 N–H and O–H groups in total. The van der Waals surface area contributed by atoms with Gasteiger partial charge in [0.25, 0.3) is 11.8 Å². The zero-order valence-corrected chi connectivity index (χ0v) is 11.7. The molecule has 0 saturated carbocycles. The zero-order chi connectivity index (χ0) is 15.9. The van der Waals surface area contributed by atoms with E-state index < -0.39 is 11.8 Å². The maximum Gasteiger partial charge on any atom is 0.265 e. The smallest absolute Gasteiger partial charge is 0.265 e. The number of amides is 2. The highest BCUT2D eigenvalue weighted by molar-refractivity contribution is 5.99. The average molecular weight is 300 g/mol. The van der Waals surface area contributed by atoms with Gasteiger partial charge >= 0.3 is 0 Å². The quantitative estimate of drug-likeness (QED) is 0.363. The number of hydrogen-bond donors (Lipinski definition) is 4. The number of hydrazine groups is 2. The van der Waals surface area contributed by atoms with Gasteiger partial charge in [0.05, 0.1) is 0 Å². The number of carbonyl (C=O) groups is 2. The van der Waals surface area contributed by atoms with Crippen LogP contribution < -0.4 is 27.3 Å². The van der Waals surface area contributed by atoms with Crippen molar-refractivity contribution in [2.75, 3.05) is 0 Å². The highest BCUT2D eigenvalue weighted by Crippen LogP contribution is 2.19. The van der Waals surface area contributed by atoms with Gasteiger partial charge in [0.1, 0.15) is 12.4 Å². The summed E-state index contributed by atoms with van der Waals surface area (Å²) in [6, 6.07) is 13.9. The summed E-state index contributed by atoms with van der Waals surface area (Å²) < 4.78 is 5.62. The Labute approximate surface area is 127 Å². The molecule has 0 aromatic heterocycles. The Morgan fingerprint density at radius 3 is 1.95 bits per heavy atom. The lowest BCUT2D eigenvalue weighted by Gasteiger charge is -2.10. The number of nitrogens with two attached hydrogens (primary N) is 2. The molecular weight excluding hydrogens is 284 g/mol. The first-order valence-corrected chi connectivity index (χ1v) is 6.47. The van der Waals surface area contributed by atoms with Crippen LogP contribution in [0, 0.1) is 0 Å². The van der Waals surface area contributed by atoms with Gasteiger partial charge in [-0.1, -0.05) is 30.3 Å². The van der Waals surface area contributed by atoms with Gasteiger partial charge in [0.2, 0.25) is 0 Å². The summed E-state index contributed by atoms with van der Waals surface area (Å²) >= 11 is 0. The van der Waals surface area contributed by atoms with Crippen LogP contribution in [0.3, 0.4) is 0 Å². The van der Waals surface area contributed by atoms with Crippen molar-refractivity contribution in [3.63, 3.8) is 0 Å². The Bertz CT molecular complexity index is 639. The van der Waals surface area contributed by atoms with Crippen LogP contribution in [0.1, 0.15) is 26.3 Å². The second-order valence-corrected chi connectivity index (χ2v) is 4.47. The molecule has 0 atom stereocenters. The minimum absolute atomic E-state index is 0.201. The van der Waals surface area contributed by atoms with Crippen molar-refractivity contribution in [1.82, 2.24) is 10.9 Å². The predicted molar refractivity (Wildman–Crippen MR) is 80.5 cm³/mol. The lowest BCUT2D eigenvalue weighted by molar-refractivity contribution is 0.0953. The number of rotatable bonds is 5. The second kappa shape index (κ2) is 7.21. The Morgan fingerprint density at radius 2 is 1.45 bits per heavy atom. The van der Waals surface area contributed by atoms with E-state index >= 15 is 0 Å². The van der Waals surface area contributed by atoms with E-state index in [2.05, 4.69) is 0 Å². The topological polar surface area (TPSA) is 119 Å². The minimum atomic E-state index is -0.531. The van der Waals surface area contributed by atoms with Crippen LogP contribution >= 0.6 is 0 Å². The monoisotopic (exact) mass is 300 g/mol. The molecule has 0 aliphatic carbocycles. The number of hydrogen-bond acceptors (Lipinski definition) is 5. The lowest BCUT2D eigenvalue weighted by atomic mass is 10.1. The van der Waals surface area contributed by atoms with Gasteiger partial charge < -0.3 is 4.74 Å². The van der Waals surface area contributed by atoms with Gasteiger partial charge in [-0.2, -0.15) is 0 Å². The van der Waals surface area contributed by atoms with E-state index in [0.717, 1.165) is 5.56 Å². The highest BCUT2D eigenvalue weighted by atomic mass is 16.5. The molecule has 2 amide bonds. The molecule has 0 unspecified atom stereocenters. The van der Waals surface area contributed by atoms with E-state index in [4.69, 9.17) is 16.4 Å². The van der Waals surface area contributed by atoms with Crippen molar-refractivity contribution in [2.24, 2.45) is 11.7 Å². The minimum Gasteiger partial charge on any atom is -0.489 e. The van der Waals surface area contributed by atoms with E-state index in [1.165, 1.54) is 18.2 Å². The summed E-state index contributed by atoms with van der Waals surface area (Å²) in [5.41, 5.74) is 5.38. The van der Waals surface area contributed by atoms with Crippen molar-refractivity contribution in [3.05, 3.63) is 65.2 Å². The first kappa shape index (κ1) is 15.5. The van der Waals surface area contributed by atoms with E-state index in [1.807, 2.05) is 41.2 Å². The van der Waals surface area contributed by atoms with Crippen LogP contribution in [-0.2, 0) is 6.61 Å². The SMILES string of the molecule is NNC(=O)c1cc(OCc2ccccc2)cc(C(=O)NN)c1. The Balaban J connectivity index is 2.25. The Hall–Kier alpha value is -2.90.